The molecule has 2 nitrogen and oxygen atoms in total. The minimum Gasteiger partial charge on any atom is -0.328 e. The van der Waals surface area contributed by atoms with Crippen LogP contribution in [-0.4, -0.2) is 11.8 Å². The van der Waals surface area contributed by atoms with E-state index in [1.54, 1.807) is 0 Å². The molecule has 0 bridgehead atoms. The molecule has 0 radical (unpaired) electrons. The number of carbonyl (C=O) groups excluding carboxylic acids is 1. The highest BCUT2D eigenvalue weighted by Gasteiger charge is 2.27. The standard InChI is InChI=1S/C12H23NO/c1-3-4-9(2)12(14)10-5-7-11(13)8-6-10/h9-11H,3-8,13H2,1-2H3. The zero-order valence-electron chi connectivity index (χ0n) is 9.46. The van der Waals surface area contributed by atoms with Crippen molar-refractivity contribution in [2.24, 2.45) is 17.6 Å². The minimum atomic E-state index is 0.263. The Morgan fingerprint density at radius 3 is 2.43 bits per heavy atom. The van der Waals surface area contributed by atoms with Gasteiger partial charge in [0.2, 0.25) is 0 Å². The van der Waals surface area contributed by atoms with E-state index < -0.39 is 0 Å². The maximum absolute atomic E-state index is 12.0. The summed E-state index contributed by atoms with van der Waals surface area (Å²) in [6.45, 7) is 4.21. The predicted molar refractivity (Wildman–Crippen MR) is 59.0 cm³/mol. The van der Waals surface area contributed by atoms with Gasteiger partial charge in [0.1, 0.15) is 5.78 Å². The van der Waals surface area contributed by atoms with Gasteiger partial charge in [0.25, 0.3) is 0 Å². The fourth-order valence-electron chi connectivity index (χ4n) is 2.38. The molecule has 2 N–H and O–H groups in total. The van der Waals surface area contributed by atoms with Crippen LogP contribution in [0.15, 0.2) is 0 Å². The molecule has 0 aliphatic heterocycles. The third-order valence-electron chi connectivity index (χ3n) is 3.38. The first-order chi connectivity index (χ1) is 6.65. The molecule has 0 aromatic heterocycles. The van der Waals surface area contributed by atoms with Crippen molar-refractivity contribution >= 4 is 5.78 Å². The zero-order chi connectivity index (χ0) is 10.6. The molecule has 1 aliphatic carbocycles. The molecule has 1 aliphatic rings. The number of rotatable bonds is 4. The summed E-state index contributed by atoms with van der Waals surface area (Å²) in [4.78, 5) is 12.0. The molecule has 1 saturated carbocycles. The lowest BCUT2D eigenvalue weighted by atomic mass is 9.79. The van der Waals surface area contributed by atoms with Crippen LogP contribution in [0.3, 0.4) is 0 Å². The molecule has 82 valence electrons. The molecule has 1 atom stereocenters. The summed E-state index contributed by atoms with van der Waals surface area (Å²) in [7, 11) is 0. The van der Waals surface area contributed by atoms with E-state index in [0.717, 1.165) is 38.5 Å². The summed E-state index contributed by atoms with van der Waals surface area (Å²) in [6, 6.07) is 0.348. The Balaban J connectivity index is 2.37. The molecule has 0 saturated heterocycles. The monoisotopic (exact) mass is 197 g/mol. The summed E-state index contributed by atoms with van der Waals surface area (Å²) in [5.74, 6) is 1.06. The van der Waals surface area contributed by atoms with E-state index in [4.69, 9.17) is 5.73 Å². The Labute approximate surface area is 87.2 Å². The molecule has 0 aromatic carbocycles. The first kappa shape index (κ1) is 11.7. The fraction of sp³-hybridized carbons (Fsp3) is 0.917. The Morgan fingerprint density at radius 1 is 1.36 bits per heavy atom. The van der Waals surface area contributed by atoms with Crippen molar-refractivity contribution < 1.29 is 4.79 Å². The van der Waals surface area contributed by atoms with Crippen LogP contribution in [0.5, 0.6) is 0 Å². The first-order valence-corrected chi connectivity index (χ1v) is 5.94. The van der Waals surface area contributed by atoms with Crippen molar-refractivity contribution in [3.05, 3.63) is 0 Å². The molecule has 2 heteroatoms. The van der Waals surface area contributed by atoms with Crippen LogP contribution in [0.4, 0.5) is 0 Å². The molecular weight excluding hydrogens is 174 g/mol. The number of ketones is 1. The van der Waals surface area contributed by atoms with Crippen LogP contribution >= 0.6 is 0 Å². The lowest BCUT2D eigenvalue weighted by Crippen LogP contribution is -2.31. The smallest absolute Gasteiger partial charge is 0.138 e. The van der Waals surface area contributed by atoms with Crippen molar-refractivity contribution in [1.82, 2.24) is 0 Å². The summed E-state index contributed by atoms with van der Waals surface area (Å²) in [5.41, 5.74) is 5.82. The summed E-state index contributed by atoms with van der Waals surface area (Å²) < 4.78 is 0. The van der Waals surface area contributed by atoms with Crippen molar-refractivity contribution in [3.63, 3.8) is 0 Å². The summed E-state index contributed by atoms with van der Waals surface area (Å²) >= 11 is 0. The van der Waals surface area contributed by atoms with E-state index in [-0.39, 0.29) is 5.92 Å². The second-order valence-electron chi connectivity index (χ2n) is 4.70. The number of hydrogen-bond acceptors (Lipinski definition) is 2. The second kappa shape index (κ2) is 5.50. The van der Waals surface area contributed by atoms with Gasteiger partial charge in [0.05, 0.1) is 0 Å². The second-order valence-corrected chi connectivity index (χ2v) is 4.70. The van der Waals surface area contributed by atoms with Gasteiger partial charge >= 0.3 is 0 Å². The molecule has 0 aromatic rings. The lowest BCUT2D eigenvalue weighted by Gasteiger charge is -2.26. The minimum absolute atomic E-state index is 0.263. The summed E-state index contributed by atoms with van der Waals surface area (Å²) in [5, 5.41) is 0. The Hall–Kier alpha value is -0.370. The van der Waals surface area contributed by atoms with Crippen LogP contribution < -0.4 is 5.73 Å². The van der Waals surface area contributed by atoms with E-state index >= 15 is 0 Å². The van der Waals surface area contributed by atoms with Gasteiger partial charge < -0.3 is 5.73 Å². The average Bonchev–Trinajstić information content (AvgIpc) is 2.18. The molecule has 14 heavy (non-hydrogen) atoms. The van der Waals surface area contributed by atoms with E-state index in [9.17, 15) is 4.79 Å². The zero-order valence-corrected chi connectivity index (χ0v) is 9.46. The Kier molecular flexibility index (Phi) is 4.59. The molecular formula is C12H23NO. The number of hydrogen-bond donors (Lipinski definition) is 1. The highest BCUT2D eigenvalue weighted by molar-refractivity contribution is 5.83. The van der Waals surface area contributed by atoms with Crippen molar-refractivity contribution in [2.45, 2.75) is 58.4 Å². The van der Waals surface area contributed by atoms with Gasteiger partial charge in [0.15, 0.2) is 0 Å². The maximum atomic E-state index is 12.0. The normalized spacial score (nSPS) is 29.9. The van der Waals surface area contributed by atoms with Crippen LogP contribution in [0, 0.1) is 11.8 Å². The molecule has 0 heterocycles. The van der Waals surface area contributed by atoms with Crippen LogP contribution in [-0.2, 0) is 4.79 Å². The average molecular weight is 197 g/mol. The van der Waals surface area contributed by atoms with Gasteiger partial charge in [-0.15, -0.1) is 0 Å². The number of nitrogens with two attached hydrogens (primary N) is 1. The van der Waals surface area contributed by atoms with Gasteiger partial charge in [-0.05, 0) is 32.1 Å². The van der Waals surface area contributed by atoms with Gasteiger partial charge in [-0.25, -0.2) is 0 Å². The maximum Gasteiger partial charge on any atom is 0.138 e. The van der Waals surface area contributed by atoms with E-state index in [1.807, 2.05) is 0 Å². The number of Topliss-reactive ketones (excluding diaryl/α,β-unsaturated/α-hetero) is 1. The molecule has 1 fully saturated rings. The topological polar surface area (TPSA) is 43.1 Å². The molecule has 1 rings (SSSR count). The van der Waals surface area contributed by atoms with Gasteiger partial charge in [-0.2, -0.15) is 0 Å². The third-order valence-corrected chi connectivity index (χ3v) is 3.38. The predicted octanol–water partition coefficient (Wildman–Crippen LogP) is 2.51. The Bertz CT molecular complexity index is 183. The summed E-state index contributed by atoms with van der Waals surface area (Å²) in [6.07, 6.45) is 6.27. The molecule has 0 amide bonds. The SMILES string of the molecule is CCCC(C)C(=O)C1CCC(N)CC1. The van der Waals surface area contributed by atoms with E-state index in [1.165, 1.54) is 0 Å². The van der Waals surface area contributed by atoms with Gasteiger partial charge in [0, 0.05) is 17.9 Å². The highest BCUT2D eigenvalue weighted by atomic mass is 16.1. The van der Waals surface area contributed by atoms with Crippen molar-refractivity contribution in [2.75, 3.05) is 0 Å². The molecule has 1 unspecified atom stereocenters. The van der Waals surface area contributed by atoms with Crippen molar-refractivity contribution in [1.29, 1.82) is 0 Å². The molecule has 0 spiro atoms. The fourth-order valence-corrected chi connectivity index (χ4v) is 2.38. The van der Waals surface area contributed by atoms with Gasteiger partial charge in [-0.1, -0.05) is 20.3 Å². The van der Waals surface area contributed by atoms with E-state index in [0.29, 0.717) is 17.7 Å². The van der Waals surface area contributed by atoms with Crippen molar-refractivity contribution in [3.8, 4) is 0 Å². The lowest BCUT2D eigenvalue weighted by molar-refractivity contribution is -0.127. The highest BCUT2D eigenvalue weighted by Crippen LogP contribution is 2.27. The van der Waals surface area contributed by atoms with Gasteiger partial charge in [-0.3, -0.25) is 4.79 Å². The number of carbonyl (C=O) groups is 1. The largest absolute Gasteiger partial charge is 0.328 e. The van der Waals surface area contributed by atoms with Crippen LogP contribution in [0.25, 0.3) is 0 Å². The quantitative estimate of drug-likeness (QED) is 0.752. The Morgan fingerprint density at radius 2 is 1.93 bits per heavy atom. The first-order valence-electron chi connectivity index (χ1n) is 5.94. The van der Waals surface area contributed by atoms with Crippen LogP contribution in [0.2, 0.25) is 0 Å². The third kappa shape index (κ3) is 3.09. The van der Waals surface area contributed by atoms with Crippen LogP contribution in [0.1, 0.15) is 52.4 Å². The van der Waals surface area contributed by atoms with E-state index in [2.05, 4.69) is 13.8 Å².